The Bertz CT molecular complexity index is 861. The maximum atomic E-state index is 12.3. The molecule has 0 radical (unpaired) electrons. The molecule has 0 spiro atoms. The summed E-state index contributed by atoms with van der Waals surface area (Å²) in [4.78, 5) is 40.2. The molecule has 2 aromatic rings. The van der Waals surface area contributed by atoms with Gasteiger partial charge >= 0.3 is 5.69 Å². The number of hydrogen-bond acceptors (Lipinski definition) is 6. The first-order chi connectivity index (χ1) is 11.2. The van der Waals surface area contributed by atoms with Crippen LogP contribution in [-0.4, -0.2) is 25.2 Å². The van der Waals surface area contributed by atoms with Gasteiger partial charge in [0.2, 0.25) is 5.89 Å². The van der Waals surface area contributed by atoms with Gasteiger partial charge in [-0.05, 0) is 12.8 Å². The van der Waals surface area contributed by atoms with Gasteiger partial charge in [-0.1, -0.05) is 19.0 Å². The van der Waals surface area contributed by atoms with E-state index < -0.39 is 23.2 Å². The van der Waals surface area contributed by atoms with Crippen molar-refractivity contribution < 1.29 is 9.32 Å². The van der Waals surface area contributed by atoms with Gasteiger partial charge in [-0.15, -0.1) is 0 Å². The van der Waals surface area contributed by atoms with Gasteiger partial charge in [0.15, 0.2) is 5.82 Å². The lowest BCUT2D eigenvalue weighted by Crippen LogP contribution is -2.41. The number of rotatable bonds is 5. The second-order valence-corrected chi connectivity index (χ2v) is 6.11. The first-order valence-electron chi connectivity index (χ1n) is 7.61. The van der Waals surface area contributed by atoms with Crippen LogP contribution in [0.15, 0.2) is 20.2 Å². The molecule has 0 unspecified atom stereocenters. The van der Waals surface area contributed by atoms with Crippen LogP contribution in [0.3, 0.4) is 0 Å². The monoisotopic (exact) mass is 335 g/mol. The third-order valence-electron chi connectivity index (χ3n) is 3.55. The summed E-state index contributed by atoms with van der Waals surface area (Å²) in [5.41, 5.74) is -1.15. The van der Waals surface area contributed by atoms with Gasteiger partial charge in [-0.3, -0.25) is 18.7 Å². The molecule has 0 bridgehead atoms. The minimum atomic E-state index is -0.572. The van der Waals surface area contributed by atoms with Crippen molar-refractivity contribution in [3.8, 4) is 0 Å². The summed E-state index contributed by atoms with van der Waals surface area (Å²) in [6, 6.07) is 0.562. The van der Waals surface area contributed by atoms with Gasteiger partial charge in [0.1, 0.15) is 11.7 Å². The summed E-state index contributed by atoms with van der Waals surface area (Å²) < 4.78 is 7.19. The first-order valence-corrected chi connectivity index (χ1v) is 7.61. The van der Waals surface area contributed by atoms with Gasteiger partial charge in [0.05, 0.1) is 0 Å². The van der Waals surface area contributed by atoms with Gasteiger partial charge in [0, 0.05) is 26.6 Å². The molecule has 0 saturated carbocycles. The van der Waals surface area contributed by atoms with E-state index in [2.05, 4.69) is 15.5 Å². The zero-order valence-electron chi connectivity index (χ0n) is 14.4. The molecule has 130 valence electrons. The van der Waals surface area contributed by atoms with Crippen molar-refractivity contribution in [2.45, 2.75) is 33.2 Å². The number of aromatic nitrogens is 4. The van der Waals surface area contributed by atoms with E-state index in [0.29, 0.717) is 18.2 Å². The number of nitrogens with one attached hydrogen (secondary N) is 1. The summed E-state index contributed by atoms with van der Waals surface area (Å²) in [6.45, 7) is 5.76. The van der Waals surface area contributed by atoms with E-state index in [1.165, 1.54) is 14.1 Å². The molecule has 1 N–H and O–H groups in total. The van der Waals surface area contributed by atoms with Crippen LogP contribution in [-0.2, 0) is 20.5 Å². The Kier molecular flexibility index (Phi) is 5.01. The molecule has 9 nitrogen and oxygen atoms in total. The van der Waals surface area contributed by atoms with Crippen molar-refractivity contribution in [3.63, 3.8) is 0 Å². The fourth-order valence-electron chi connectivity index (χ4n) is 2.17. The van der Waals surface area contributed by atoms with Crippen LogP contribution in [0, 0.1) is 5.92 Å². The van der Waals surface area contributed by atoms with Crippen molar-refractivity contribution in [1.82, 2.24) is 24.6 Å². The van der Waals surface area contributed by atoms with Gasteiger partial charge < -0.3 is 9.84 Å². The lowest BCUT2D eigenvalue weighted by Gasteiger charge is -2.12. The van der Waals surface area contributed by atoms with Gasteiger partial charge in [-0.25, -0.2) is 4.79 Å². The lowest BCUT2D eigenvalue weighted by molar-refractivity contribution is 0.0922. The number of nitrogens with zero attached hydrogens (tertiary/aromatic N) is 4. The Morgan fingerprint density at radius 1 is 1.25 bits per heavy atom. The van der Waals surface area contributed by atoms with Crippen LogP contribution in [0.2, 0.25) is 0 Å². The summed E-state index contributed by atoms with van der Waals surface area (Å²) in [6.07, 6.45) is 0.674. The van der Waals surface area contributed by atoms with Gasteiger partial charge in [-0.2, -0.15) is 4.98 Å². The van der Waals surface area contributed by atoms with Crippen LogP contribution in [0.4, 0.5) is 0 Å². The van der Waals surface area contributed by atoms with E-state index >= 15 is 0 Å². The third kappa shape index (κ3) is 3.61. The van der Waals surface area contributed by atoms with Crippen LogP contribution < -0.4 is 16.6 Å². The lowest BCUT2D eigenvalue weighted by atomic mass is 10.1. The summed E-state index contributed by atoms with van der Waals surface area (Å²) in [7, 11) is 2.78. The minimum Gasteiger partial charge on any atom is -0.339 e. The zero-order valence-corrected chi connectivity index (χ0v) is 14.4. The van der Waals surface area contributed by atoms with Crippen molar-refractivity contribution in [2.24, 2.45) is 20.0 Å². The molecule has 2 aromatic heterocycles. The molecule has 2 heterocycles. The number of carbonyl (C=O) groups is 1. The second-order valence-electron chi connectivity index (χ2n) is 6.11. The van der Waals surface area contributed by atoms with Crippen molar-refractivity contribution in [1.29, 1.82) is 0 Å². The third-order valence-corrected chi connectivity index (χ3v) is 3.55. The fourth-order valence-corrected chi connectivity index (χ4v) is 2.17. The van der Waals surface area contributed by atoms with Crippen molar-refractivity contribution in [3.05, 3.63) is 44.3 Å². The van der Waals surface area contributed by atoms with E-state index in [9.17, 15) is 14.4 Å². The zero-order chi connectivity index (χ0) is 18.0. The highest BCUT2D eigenvalue weighted by molar-refractivity contribution is 5.92. The van der Waals surface area contributed by atoms with Crippen LogP contribution in [0.1, 0.15) is 49.0 Å². The maximum Gasteiger partial charge on any atom is 0.331 e. The van der Waals surface area contributed by atoms with E-state index in [4.69, 9.17) is 4.52 Å². The Balaban J connectivity index is 2.19. The summed E-state index contributed by atoms with van der Waals surface area (Å²) in [5, 5.41) is 6.52. The average molecular weight is 335 g/mol. The standard InChI is InChI=1S/C15H21N5O4/c1-8(2)6-11-17-14(24-18-11)9(3)16-13(22)10-7-12(21)20(5)15(23)19(10)4/h7-9H,6H2,1-5H3,(H,16,22)/t9-/m0/s1. The maximum absolute atomic E-state index is 12.3. The molecule has 24 heavy (non-hydrogen) atoms. The molecule has 0 aromatic carbocycles. The fraction of sp³-hybridized carbons (Fsp3) is 0.533. The molecule has 1 atom stereocenters. The summed E-state index contributed by atoms with van der Waals surface area (Å²) in [5.74, 6) is 0.661. The number of carbonyl (C=O) groups excluding carboxylic acids is 1. The van der Waals surface area contributed by atoms with E-state index in [1.54, 1.807) is 6.92 Å². The average Bonchev–Trinajstić information content (AvgIpc) is 2.96. The van der Waals surface area contributed by atoms with E-state index in [0.717, 1.165) is 15.2 Å². The molecule has 0 aliphatic heterocycles. The Morgan fingerprint density at radius 2 is 1.92 bits per heavy atom. The minimum absolute atomic E-state index is 0.0307. The van der Waals surface area contributed by atoms with E-state index in [1.807, 2.05) is 13.8 Å². The van der Waals surface area contributed by atoms with Gasteiger partial charge in [0.25, 0.3) is 11.5 Å². The molecule has 0 aliphatic rings. The molecule has 0 fully saturated rings. The van der Waals surface area contributed by atoms with Crippen LogP contribution in [0.5, 0.6) is 0 Å². The Hall–Kier alpha value is -2.71. The highest BCUT2D eigenvalue weighted by Crippen LogP contribution is 2.12. The SMILES string of the molecule is CC(C)Cc1noc([C@H](C)NC(=O)c2cc(=O)n(C)c(=O)n2C)n1. The van der Waals surface area contributed by atoms with Crippen LogP contribution in [0.25, 0.3) is 0 Å². The number of hydrogen-bond donors (Lipinski definition) is 1. The van der Waals surface area contributed by atoms with Crippen LogP contribution >= 0.6 is 0 Å². The molecule has 9 heteroatoms. The highest BCUT2D eigenvalue weighted by Gasteiger charge is 2.20. The molecular weight excluding hydrogens is 314 g/mol. The molecule has 2 rings (SSSR count). The Morgan fingerprint density at radius 3 is 2.54 bits per heavy atom. The predicted molar refractivity (Wildman–Crippen MR) is 85.6 cm³/mol. The normalized spacial score (nSPS) is 12.4. The summed E-state index contributed by atoms with van der Waals surface area (Å²) >= 11 is 0. The largest absolute Gasteiger partial charge is 0.339 e. The molecule has 0 saturated heterocycles. The van der Waals surface area contributed by atoms with Crippen molar-refractivity contribution >= 4 is 5.91 Å². The molecule has 0 aliphatic carbocycles. The second kappa shape index (κ2) is 6.81. The first kappa shape index (κ1) is 17.6. The smallest absolute Gasteiger partial charge is 0.331 e. The number of amides is 1. The molecule has 1 amide bonds. The van der Waals surface area contributed by atoms with E-state index in [-0.39, 0.29) is 11.6 Å². The predicted octanol–water partition coefficient (Wildman–Crippen LogP) is 0.157. The highest BCUT2D eigenvalue weighted by atomic mass is 16.5. The molecular formula is C15H21N5O4. The van der Waals surface area contributed by atoms with Crippen molar-refractivity contribution in [2.75, 3.05) is 0 Å². The Labute approximate surface area is 138 Å². The topological polar surface area (TPSA) is 112 Å². The quantitative estimate of drug-likeness (QED) is 0.833.